The average molecular weight is 302 g/mol. The molecular formula is C15H22N6O. The van der Waals surface area contributed by atoms with Crippen LogP contribution in [0.25, 0.3) is 0 Å². The summed E-state index contributed by atoms with van der Waals surface area (Å²) >= 11 is 0. The second-order valence-electron chi connectivity index (χ2n) is 6.31. The molecule has 2 aliphatic rings. The van der Waals surface area contributed by atoms with Crippen molar-refractivity contribution >= 4 is 5.91 Å². The van der Waals surface area contributed by atoms with Crippen LogP contribution in [0.1, 0.15) is 17.8 Å². The van der Waals surface area contributed by atoms with Gasteiger partial charge in [0.25, 0.3) is 0 Å². The van der Waals surface area contributed by atoms with Crippen LogP contribution < -0.4 is 0 Å². The first-order valence-electron chi connectivity index (χ1n) is 7.70. The molecule has 2 aliphatic heterocycles. The lowest BCUT2D eigenvalue weighted by molar-refractivity contribution is -0.133. The molecule has 3 heterocycles. The van der Waals surface area contributed by atoms with E-state index in [-0.39, 0.29) is 5.91 Å². The highest BCUT2D eigenvalue weighted by atomic mass is 16.2. The van der Waals surface area contributed by atoms with Crippen molar-refractivity contribution < 1.29 is 4.79 Å². The Bertz CT molecular complexity index is 602. The van der Waals surface area contributed by atoms with Crippen LogP contribution >= 0.6 is 0 Å². The van der Waals surface area contributed by atoms with Gasteiger partial charge in [-0.1, -0.05) is 0 Å². The minimum Gasteiger partial charge on any atom is -0.334 e. The molecule has 3 rings (SSSR count). The molecule has 7 nitrogen and oxygen atoms in total. The fourth-order valence-corrected chi connectivity index (χ4v) is 3.20. The second kappa shape index (κ2) is 6.07. The molecule has 1 amide bonds. The predicted molar refractivity (Wildman–Crippen MR) is 80.9 cm³/mol. The maximum absolute atomic E-state index is 12.5. The number of hydrogen-bond donors (Lipinski definition) is 0. The quantitative estimate of drug-likeness (QED) is 0.769. The van der Waals surface area contributed by atoms with Gasteiger partial charge in [0.15, 0.2) is 5.69 Å². The topological polar surface area (TPSA) is 68.4 Å². The Kier molecular flexibility index (Phi) is 4.14. The third-order valence-electron chi connectivity index (χ3n) is 4.60. The number of carbonyl (C=O) groups is 1. The highest BCUT2D eigenvalue weighted by molar-refractivity contribution is 5.78. The summed E-state index contributed by atoms with van der Waals surface area (Å²) in [5.41, 5.74) is 1.38. The minimum atomic E-state index is 0.172. The van der Waals surface area contributed by atoms with Gasteiger partial charge in [0, 0.05) is 25.7 Å². The van der Waals surface area contributed by atoms with E-state index in [9.17, 15) is 4.79 Å². The van der Waals surface area contributed by atoms with E-state index in [2.05, 4.69) is 35.1 Å². The number of fused-ring (bicyclic) bond motifs is 1. The second-order valence-corrected chi connectivity index (χ2v) is 6.31. The summed E-state index contributed by atoms with van der Waals surface area (Å²) in [4.78, 5) is 18.8. The smallest absolute Gasteiger partial charge is 0.237 e. The Hall–Kier alpha value is -1.91. The van der Waals surface area contributed by atoms with Crippen LogP contribution in [-0.4, -0.2) is 76.7 Å². The molecule has 1 unspecified atom stereocenters. The van der Waals surface area contributed by atoms with Crippen molar-refractivity contribution in [1.82, 2.24) is 24.5 Å². The fourth-order valence-electron chi connectivity index (χ4n) is 3.20. The van der Waals surface area contributed by atoms with Gasteiger partial charge in [0.05, 0.1) is 25.3 Å². The third-order valence-corrected chi connectivity index (χ3v) is 4.60. The Labute approximate surface area is 130 Å². The summed E-state index contributed by atoms with van der Waals surface area (Å²) in [6, 6.07) is 4.38. The van der Waals surface area contributed by atoms with E-state index < -0.39 is 0 Å². The van der Waals surface area contributed by atoms with Crippen LogP contribution in [0.3, 0.4) is 0 Å². The number of rotatable bonds is 3. The van der Waals surface area contributed by atoms with Crippen molar-refractivity contribution in [1.29, 1.82) is 5.26 Å². The van der Waals surface area contributed by atoms with Crippen molar-refractivity contribution in [2.75, 3.05) is 40.3 Å². The molecule has 0 aliphatic carbocycles. The maximum atomic E-state index is 12.5. The van der Waals surface area contributed by atoms with Crippen LogP contribution in [0.4, 0.5) is 0 Å². The fraction of sp³-hybridized carbons (Fsp3) is 0.667. The first kappa shape index (κ1) is 15.0. The normalized spacial score (nSPS) is 21.9. The molecule has 1 aromatic heterocycles. The van der Waals surface area contributed by atoms with Gasteiger partial charge in [-0.25, -0.2) is 0 Å². The van der Waals surface area contributed by atoms with Crippen LogP contribution in [0.2, 0.25) is 0 Å². The first-order valence-corrected chi connectivity index (χ1v) is 7.70. The lowest BCUT2D eigenvalue weighted by Gasteiger charge is -2.29. The predicted octanol–water partition coefficient (Wildman–Crippen LogP) is -0.267. The van der Waals surface area contributed by atoms with Crippen molar-refractivity contribution in [3.8, 4) is 6.07 Å². The van der Waals surface area contributed by atoms with E-state index in [1.165, 1.54) is 0 Å². The summed E-state index contributed by atoms with van der Waals surface area (Å²) < 4.78 is 1.83. The van der Waals surface area contributed by atoms with E-state index >= 15 is 0 Å². The summed E-state index contributed by atoms with van der Waals surface area (Å²) in [6.45, 7) is 4.33. The molecule has 7 heteroatoms. The number of likely N-dealkylation sites (tertiary alicyclic amines) is 1. The molecule has 0 N–H and O–H groups in total. The Morgan fingerprint density at radius 3 is 2.95 bits per heavy atom. The van der Waals surface area contributed by atoms with Gasteiger partial charge < -0.3 is 9.80 Å². The van der Waals surface area contributed by atoms with E-state index in [0.29, 0.717) is 37.9 Å². The molecule has 1 aromatic rings. The molecule has 0 radical (unpaired) electrons. The average Bonchev–Trinajstić information content (AvgIpc) is 3.12. The maximum Gasteiger partial charge on any atom is 0.237 e. The minimum absolute atomic E-state index is 0.172. The summed E-state index contributed by atoms with van der Waals surface area (Å²) in [5.74, 6) is 0.172. The van der Waals surface area contributed by atoms with Crippen molar-refractivity contribution in [2.24, 2.45) is 0 Å². The Balaban J connectivity index is 1.57. The monoisotopic (exact) mass is 302 g/mol. The number of aromatic nitrogens is 2. The van der Waals surface area contributed by atoms with Gasteiger partial charge in [-0.3, -0.25) is 14.4 Å². The SMILES string of the molecule is CN(C)C1CCN(CC(=O)N2CCn3nc(C#N)cc3C2)C1. The van der Waals surface area contributed by atoms with Gasteiger partial charge in [0.2, 0.25) is 5.91 Å². The standard InChI is InChI=1S/C15H22N6O/c1-18(2)13-3-4-19(9-13)11-15(22)20-5-6-21-14(10-20)7-12(8-16)17-21/h7,13H,3-6,9-11H2,1-2H3. The van der Waals surface area contributed by atoms with E-state index in [4.69, 9.17) is 5.26 Å². The van der Waals surface area contributed by atoms with Crippen LogP contribution in [0, 0.1) is 11.3 Å². The van der Waals surface area contributed by atoms with Crippen molar-refractivity contribution in [2.45, 2.75) is 25.6 Å². The number of nitriles is 1. The molecule has 1 atom stereocenters. The summed E-state index contributed by atoms with van der Waals surface area (Å²) in [6.07, 6.45) is 1.12. The summed E-state index contributed by atoms with van der Waals surface area (Å²) in [5, 5.41) is 13.1. The molecule has 1 fully saturated rings. The molecule has 0 saturated carbocycles. The number of carbonyl (C=O) groups excluding carboxylic acids is 1. The largest absolute Gasteiger partial charge is 0.334 e. The third kappa shape index (κ3) is 2.98. The van der Waals surface area contributed by atoms with Crippen LogP contribution in [-0.2, 0) is 17.9 Å². The van der Waals surface area contributed by atoms with Crippen LogP contribution in [0.5, 0.6) is 0 Å². The lowest BCUT2D eigenvalue weighted by Crippen LogP contribution is -2.44. The Morgan fingerprint density at radius 1 is 1.45 bits per heavy atom. The zero-order chi connectivity index (χ0) is 15.7. The van der Waals surface area contributed by atoms with Crippen molar-refractivity contribution in [3.63, 3.8) is 0 Å². The first-order chi connectivity index (χ1) is 10.6. The Morgan fingerprint density at radius 2 is 2.27 bits per heavy atom. The van der Waals surface area contributed by atoms with Crippen molar-refractivity contribution in [3.05, 3.63) is 17.5 Å². The van der Waals surface area contributed by atoms with Gasteiger partial charge in [-0.2, -0.15) is 10.4 Å². The number of amides is 1. The lowest BCUT2D eigenvalue weighted by atomic mass is 10.2. The molecule has 118 valence electrons. The van der Waals surface area contributed by atoms with E-state index in [1.807, 2.05) is 9.58 Å². The zero-order valence-corrected chi connectivity index (χ0v) is 13.2. The van der Waals surface area contributed by atoms with Gasteiger partial charge in [0.1, 0.15) is 6.07 Å². The zero-order valence-electron chi connectivity index (χ0n) is 13.2. The molecule has 0 bridgehead atoms. The molecule has 1 saturated heterocycles. The number of nitrogens with zero attached hydrogens (tertiary/aromatic N) is 6. The van der Waals surface area contributed by atoms with Gasteiger partial charge >= 0.3 is 0 Å². The highest BCUT2D eigenvalue weighted by Crippen LogP contribution is 2.16. The number of hydrogen-bond acceptors (Lipinski definition) is 5. The van der Waals surface area contributed by atoms with Gasteiger partial charge in [-0.05, 0) is 26.6 Å². The molecule has 0 aromatic carbocycles. The van der Waals surface area contributed by atoms with Crippen LogP contribution in [0.15, 0.2) is 6.07 Å². The number of likely N-dealkylation sites (N-methyl/N-ethyl adjacent to an activating group) is 1. The van der Waals surface area contributed by atoms with Gasteiger partial charge in [-0.15, -0.1) is 0 Å². The molecular weight excluding hydrogens is 280 g/mol. The molecule has 0 spiro atoms. The highest BCUT2D eigenvalue weighted by Gasteiger charge is 2.28. The molecule has 22 heavy (non-hydrogen) atoms. The van der Waals surface area contributed by atoms with E-state index in [0.717, 1.165) is 25.2 Å². The van der Waals surface area contributed by atoms with E-state index in [1.54, 1.807) is 6.07 Å². The summed E-state index contributed by atoms with van der Waals surface area (Å²) in [7, 11) is 4.18.